The fourth-order valence-corrected chi connectivity index (χ4v) is 1.71. The number of ether oxygens (including phenoxy) is 1. The molecule has 78 valence electrons. The van der Waals surface area contributed by atoms with Gasteiger partial charge in [0.25, 0.3) is 0 Å². The third-order valence-electron chi connectivity index (χ3n) is 1.90. The van der Waals surface area contributed by atoms with Crippen LogP contribution in [0.3, 0.4) is 0 Å². The molecule has 1 rings (SSSR count). The Bertz CT molecular complexity index is 177. The molecule has 1 heterocycles. The van der Waals surface area contributed by atoms with Gasteiger partial charge in [0.1, 0.15) is 28.5 Å². The average Bonchev–Trinajstić information content (AvgIpc) is 2.07. The summed E-state index contributed by atoms with van der Waals surface area (Å²) in [4.78, 5) is 0. The van der Waals surface area contributed by atoms with Gasteiger partial charge in [-0.2, -0.15) is 0 Å². The van der Waals surface area contributed by atoms with E-state index in [0.29, 0.717) is 0 Å². The van der Waals surface area contributed by atoms with Crippen molar-refractivity contribution < 1.29 is 30.3 Å². The van der Waals surface area contributed by atoms with Crippen molar-refractivity contribution in [3.63, 3.8) is 0 Å². The van der Waals surface area contributed by atoms with Crippen molar-refractivity contribution in [3.05, 3.63) is 0 Å². The second kappa shape index (κ2) is 4.34. The van der Waals surface area contributed by atoms with Crippen LogP contribution in [0.5, 0.6) is 0 Å². The van der Waals surface area contributed by atoms with Gasteiger partial charge in [0, 0.05) is 0 Å². The van der Waals surface area contributed by atoms with Crippen LogP contribution in [0.25, 0.3) is 0 Å². The molecule has 0 radical (unpaired) electrons. The van der Waals surface area contributed by atoms with E-state index in [1.165, 1.54) is 0 Å². The van der Waals surface area contributed by atoms with Gasteiger partial charge in [0.15, 0.2) is 6.29 Å². The molecule has 0 amide bonds. The lowest BCUT2D eigenvalue weighted by atomic mass is 9.99. The number of aliphatic hydroxyl groups is 5. The second-order valence-corrected chi connectivity index (χ2v) is 4.11. The Balaban J connectivity index is 2.70. The Labute approximate surface area is 87.9 Å². The first-order chi connectivity index (χ1) is 5.95. The van der Waals surface area contributed by atoms with E-state index in [-0.39, 0.29) is 0 Å². The molecule has 5 N–H and O–H groups in total. The van der Waals surface area contributed by atoms with E-state index in [4.69, 9.17) is 15.3 Å². The van der Waals surface area contributed by atoms with Crippen LogP contribution in [0.1, 0.15) is 0 Å². The minimum Gasteiger partial charge on any atom is -0.387 e. The molecule has 2 unspecified atom stereocenters. The van der Waals surface area contributed by atoms with E-state index in [0.717, 1.165) is 0 Å². The third kappa shape index (κ3) is 2.29. The number of aliphatic hydroxyl groups excluding tert-OH is 5. The first kappa shape index (κ1) is 11.6. The minimum atomic E-state index is -1.59. The Hall–Kier alpha value is 0.490. The zero-order chi connectivity index (χ0) is 10.2. The Morgan fingerprint density at radius 1 is 1.00 bits per heavy atom. The van der Waals surface area contributed by atoms with Gasteiger partial charge < -0.3 is 30.3 Å². The summed E-state index contributed by atoms with van der Waals surface area (Å²) < 4.78 is 3.62. The summed E-state index contributed by atoms with van der Waals surface area (Å²) in [5.74, 6) is 0. The maximum atomic E-state index is 9.29. The summed E-state index contributed by atoms with van der Waals surface area (Å²) >= 11 is 1.57. The molecular formula is C6H11IO6. The summed E-state index contributed by atoms with van der Waals surface area (Å²) in [6, 6.07) is 0. The molecule has 1 aliphatic heterocycles. The van der Waals surface area contributed by atoms with Gasteiger partial charge in [0.2, 0.25) is 0 Å². The second-order valence-electron chi connectivity index (χ2n) is 2.84. The lowest BCUT2D eigenvalue weighted by Gasteiger charge is -2.38. The molecule has 0 spiro atoms. The van der Waals surface area contributed by atoms with Crippen molar-refractivity contribution in [1.82, 2.24) is 0 Å². The summed E-state index contributed by atoms with van der Waals surface area (Å²) in [6.45, 7) is 0. The fourth-order valence-electron chi connectivity index (χ4n) is 1.11. The molecule has 0 aromatic rings. The first-order valence-electron chi connectivity index (χ1n) is 3.65. The standard InChI is InChI=1S/C6H11IO6/c7-5(11)4-2(9)1(8)3(10)6(12)13-4/h1-6,8-12H/t1-,2-,3-,4+,5?,6?/m1/s1. The topological polar surface area (TPSA) is 110 Å². The molecule has 13 heavy (non-hydrogen) atoms. The van der Waals surface area contributed by atoms with Crippen molar-refractivity contribution in [2.45, 2.75) is 34.8 Å². The summed E-state index contributed by atoms with van der Waals surface area (Å²) in [5, 5.41) is 45.6. The molecule has 1 aliphatic rings. The highest BCUT2D eigenvalue weighted by Gasteiger charge is 2.45. The van der Waals surface area contributed by atoms with Gasteiger partial charge in [-0.05, 0) is 22.6 Å². The van der Waals surface area contributed by atoms with Crippen molar-refractivity contribution >= 4 is 22.6 Å². The summed E-state index contributed by atoms with van der Waals surface area (Å²) in [7, 11) is 0. The highest BCUT2D eigenvalue weighted by atomic mass is 127. The van der Waals surface area contributed by atoms with Crippen molar-refractivity contribution in [2.24, 2.45) is 0 Å². The molecule has 6 atom stereocenters. The van der Waals surface area contributed by atoms with Crippen LogP contribution in [0.2, 0.25) is 0 Å². The largest absolute Gasteiger partial charge is 0.387 e. The molecule has 6 nitrogen and oxygen atoms in total. The Morgan fingerprint density at radius 3 is 2.00 bits per heavy atom. The highest BCUT2D eigenvalue weighted by molar-refractivity contribution is 14.1. The third-order valence-corrected chi connectivity index (χ3v) is 2.61. The normalized spacial score (nSPS) is 48.9. The molecule has 0 aromatic heterocycles. The van der Waals surface area contributed by atoms with Gasteiger partial charge in [0.05, 0.1) is 0 Å². The minimum absolute atomic E-state index is 1.07. The van der Waals surface area contributed by atoms with Crippen molar-refractivity contribution in [1.29, 1.82) is 0 Å². The number of alkyl halides is 1. The van der Waals surface area contributed by atoms with E-state index in [9.17, 15) is 10.2 Å². The number of halogens is 1. The van der Waals surface area contributed by atoms with E-state index >= 15 is 0 Å². The average molecular weight is 306 g/mol. The van der Waals surface area contributed by atoms with E-state index in [2.05, 4.69) is 4.74 Å². The van der Waals surface area contributed by atoms with Crippen LogP contribution in [-0.2, 0) is 4.74 Å². The van der Waals surface area contributed by atoms with Crippen molar-refractivity contribution in [2.75, 3.05) is 0 Å². The van der Waals surface area contributed by atoms with Crippen LogP contribution < -0.4 is 0 Å². The van der Waals surface area contributed by atoms with E-state index < -0.39 is 34.8 Å². The smallest absolute Gasteiger partial charge is 0.184 e. The maximum absolute atomic E-state index is 9.29. The zero-order valence-electron chi connectivity index (χ0n) is 6.49. The predicted octanol–water partition coefficient (Wildman–Crippen LogP) is -2.46. The van der Waals surface area contributed by atoms with Crippen LogP contribution in [0.4, 0.5) is 0 Å². The highest BCUT2D eigenvalue weighted by Crippen LogP contribution is 2.24. The lowest BCUT2D eigenvalue weighted by molar-refractivity contribution is -0.288. The molecular weight excluding hydrogens is 295 g/mol. The zero-order valence-corrected chi connectivity index (χ0v) is 8.64. The predicted molar refractivity (Wildman–Crippen MR) is 48.9 cm³/mol. The van der Waals surface area contributed by atoms with Crippen LogP contribution in [-0.4, -0.2) is 60.3 Å². The van der Waals surface area contributed by atoms with Gasteiger partial charge in [-0.1, -0.05) is 0 Å². The molecule has 1 saturated heterocycles. The van der Waals surface area contributed by atoms with Crippen molar-refractivity contribution in [3.8, 4) is 0 Å². The number of hydrogen-bond acceptors (Lipinski definition) is 6. The summed E-state index contributed by atoms with van der Waals surface area (Å²) in [6.07, 6.45) is -7.17. The summed E-state index contributed by atoms with van der Waals surface area (Å²) in [5.41, 5.74) is 0. The molecule has 0 bridgehead atoms. The number of rotatable bonds is 1. The van der Waals surface area contributed by atoms with Gasteiger partial charge in [-0.15, -0.1) is 0 Å². The SMILES string of the molecule is OC(I)[C@H]1OC(O)[C@H](O)[C@H](O)[C@H]1O. The Kier molecular flexibility index (Phi) is 3.86. The van der Waals surface area contributed by atoms with E-state index in [1.807, 2.05) is 0 Å². The molecule has 0 saturated carbocycles. The van der Waals surface area contributed by atoms with Gasteiger partial charge in [-0.3, -0.25) is 0 Å². The monoisotopic (exact) mass is 306 g/mol. The van der Waals surface area contributed by atoms with Crippen LogP contribution >= 0.6 is 22.6 Å². The number of hydrogen-bond donors (Lipinski definition) is 5. The van der Waals surface area contributed by atoms with Crippen LogP contribution in [0.15, 0.2) is 0 Å². The van der Waals surface area contributed by atoms with Crippen LogP contribution in [0, 0.1) is 0 Å². The van der Waals surface area contributed by atoms with Gasteiger partial charge >= 0.3 is 0 Å². The quantitative estimate of drug-likeness (QED) is 0.271. The first-order valence-corrected chi connectivity index (χ1v) is 4.89. The maximum Gasteiger partial charge on any atom is 0.184 e. The Morgan fingerprint density at radius 2 is 1.54 bits per heavy atom. The molecule has 1 fully saturated rings. The van der Waals surface area contributed by atoms with Gasteiger partial charge in [-0.25, -0.2) is 0 Å². The molecule has 0 aromatic carbocycles. The molecule has 0 aliphatic carbocycles. The lowest BCUT2D eigenvalue weighted by Crippen LogP contribution is -2.59. The van der Waals surface area contributed by atoms with E-state index in [1.54, 1.807) is 22.6 Å². The fraction of sp³-hybridized carbons (Fsp3) is 1.00. The molecule has 7 heteroatoms.